The average molecular weight is 341 g/mol. The van der Waals surface area contributed by atoms with Gasteiger partial charge >= 0.3 is 0 Å². The van der Waals surface area contributed by atoms with Crippen LogP contribution in [0.5, 0.6) is 5.75 Å². The molecule has 0 bridgehead atoms. The Balaban J connectivity index is 1.70. The van der Waals surface area contributed by atoms with Crippen LogP contribution in [0.3, 0.4) is 0 Å². The van der Waals surface area contributed by atoms with Gasteiger partial charge in [-0.1, -0.05) is 36.4 Å². The van der Waals surface area contributed by atoms with Crippen LogP contribution in [0, 0.1) is 0 Å². The molecule has 0 aliphatic carbocycles. The second-order valence-corrected chi connectivity index (χ2v) is 5.82. The van der Waals surface area contributed by atoms with E-state index in [2.05, 4.69) is 10.1 Å². The first-order valence-electron chi connectivity index (χ1n) is 8.11. The Labute approximate surface area is 149 Å². The number of nitrogens with zero attached hydrogens (tertiary/aromatic N) is 3. The fraction of sp³-hybridized carbons (Fsp3) is 0. The molecule has 0 spiro atoms. The normalized spacial score (nSPS) is 11.2. The first kappa shape index (κ1) is 15.8. The van der Waals surface area contributed by atoms with Gasteiger partial charge in [0.25, 0.3) is 5.56 Å². The second-order valence-electron chi connectivity index (χ2n) is 5.82. The number of fused-ring (bicyclic) bond motifs is 1. The van der Waals surface area contributed by atoms with Crippen molar-refractivity contribution in [2.45, 2.75) is 0 Å². The first-order valence-corrected chi connectivity index (χ1v) is 8.11. The minimum Gasteiger partial charge on any atom is -0.508 e. The summed E-state index contributed by atoms with van der Waals surface area (Å²) in [5.41, 5.74) is 1.74. The van der Waals surface area contributed by atoms with Crippen LogP contribution in [-0.4, -0.2) is 19.9 Å². The molecule has 2 aromatic heterocycles. The minimum absolute atomic E-state index is 0.199. The Morgan fingerprint density at radius 1 is 0.923 bits per heavy atom. The molecule has 0 saturated carbocycles. The van der Waals surface area contributed by atoms with Crippen molar-refractivity contribution in [3.05, 3.63) is 94.5 Å². The molecule has 2 heterocycles. The van der Waals surface area contributed by atoms with Gasteiger partial charge in [0, 0.05) is 11.6 Å². The molecule has 26 heavy (non-hydrogen) atoms. The molecule has 126 valence electrons. The summed E-state index contributed by atoms with van der Waals surface area (Å²) in [4.78, 5) is 16.8. The van der Waals surface area contributed by atoms with Gasteiger partial charge in [-0.05, 0) is 47.5 Å². The predicted octanol–water partition coefficient (Wildman–Crippen LogP) is 3.66. The summed E-state index contributed by atoms with van der Waals surface area (Å²) in [5.74, 6) is 0.735. The summed E-state index contributed by atoms with van der Waals surface area (Å²) in [5, 5.41) is 14.9. The summed E-state index contributed by atoms with van der Waals surface area (Å²) < 4.78 is 1.30. The molecule has 5 nitrogen and oxygen atoms in total. The van der Waals surface area contributed by atoms with Crippen molar-refractivity contribution >= 4 is 22.9 Å². The zero-order chi connectivity index (χ0) is 17.9. The maximum Gasteiger partial charge on any atom is 0.280 e. The maximum atomic E-state index is 12.7. The highest BCUT2D eigenvalue weighted by atomic mass is 16.3. The van der Waals surface area contributed by atoms with Crippen LogP contribution < -0.4 is 5.56 Å². The fourth-order valence-electron chi connectivity index (χ4n) is 2.69. The molecule has 0 atom stereocenters. The van der Waals surface area contributed by atoms with Gasteiger partial charge in [-0.3, -0.25) is 4.79 Å². The third-order valence-electron chi connectivity index (χ3n) is 4.04. The van der Waals surface area contributed by atoms with E-state index in [4.69, 9.17) is 0 Å². The summed E-state index contributed by atoms with van der Waals surface area (Å²) in [6, 6.07) is 17.9. The molecule has 0 aliphatic heterocycles. The first-order chi connectivity index (χ1) is 12.7. The molecule has 0 amide bonds. The van der Waals surface area contributed by atoms with E-state index in [0.717, 1.165) is 16.5 Å². The van der Waals surface area contributed by atoms with Crippen LogP contribution in [0.2, 0.25) is 0 Å². The molecule has 5 heteroatoms. The molecule has 4 rings (SSSR count). The van der Waals surface area contributed by atoms with Crippen molar-refractivity contribution in [3.8, 4) is 11.6 Å². The lowest BCUT2D eigenvalue weighted by molar-refractivity contribution is 0.475. The Bertz CT molecular complexity index is 1150. The van der Waals surface area contributed by atoms with E-state index in [1.54, 1.807) is 42.7 Å². The van der Waals surface area contributed by atoms with E-state index in [1.807, 2.05) is 42.5 Å². The standard InChI is InChI=1S/C21H15N3O2/c25-18-9-6-15(7-10-18)4-5-16-8-11-19-17(13-16)14-23-24(21(19)26)20-3-1-2-12-22-20/h1-14,25H. The maximum absolute atomic E-state index is 12.7. The molecule has 0 fully saturated rings. The highest BCUT2D eigenvalue weighted by Crippen LogP contribution is 2.16. The summed E-state index contributed by atoms with van der Waals surface area (Å²) >= 11 is 0. The number of phenols is 1. The van der Waals surface area contributed by atoms with Crippen LogP contribution in [0.4, 0.5) is 0 Å². The zero-order valence-electron chi connectivity index (χ0n) is 13.8. The lowest BCUT2D eigenvalue weighted by atomic mass is 10.1. The molecular weight excluding hydrogens is 326 g/mol. The number of aromatic hydroxyl groups is 1. The van der Waals surface area contributed by atoms with E-state index in [-0.39, 0.29) is 11.3 Å². The number of hydrogen-bond donors (Lipinski definition) is 1. The van der Waals surface area contributed by atoms with Gasteiger partial charge in [0.15, 0.2) is 5.82 Å². The average Bonchev–Trinajstić information content (AvgIpc) is 2.68. The highest BCUT2D eigenvalue weighted by Gasteiger charge is 2.06. The van der Waals surface area contributed by atoms with Gasteiger partial charge in [0.05, 0.1) is 11.6 Å². The molecule has 0 unspecified atom stereocenters. The van der Waals surface area contributed by atoms with Gasteiger partial charge in [-0.2, -0.15) is 9.78 Å². The Kier molecular flexibility index (Phi) is 4.03. The summed E-state index contributed by atoms with van der Waals surface area (Å²) in [6.07, 6.45) is 7.20. The van der Waals surface area contributed by atoms with Gasteiger partial charge in [-0.25, -0.2) is 4.98 Å². The van der Waals surface area contributed by atoms with Crippen LogP contribution in [0.1, 0.15) is 11.1 Å². The van der Waals surface area contributed by atoms with Crippen molar-refractivity contribution in [2.75, 3.05) is 0 Å². The van der Waals surface area contributed by atoms with Crippen LogP contribution in [-0.2, 0) is 0 Å². The molecule has 0 saturated heterocycles. The highest BCUT2D eigenvalue weighted by molar-refractivity contribution is 5.84. The predicted molar refractivity (Wildman–Crippen MR) is 102 cm³/mol. The van der Waals surface area contributed by atoms with E-state index < -0.39 is 0 Å². The van der Waals surface area contributed by atoms with Crippen molar-refractivity contribution in [3.63, 3.8) is 0 Å². The lowest BCUT2D eigenvalue weighted by Crippen LogP contribution is -2.21. The van der Waals surface area contributed by atoms with Crippen LogP contribution in [0.15, 0.2) is 77.9 Å². The van der Waals surface area contributed by atoms with Crippen molar-refractivity contribution in [2.24, 2.45) is 0 Å². The fourth-order valence-corrected chi connectivity index (χ4v) is 2.69. The van der Waals surface area contributed by atoms with Gasteiger partial charge in [-0.15, -0.1) is 0 Å². The van der Waals surface area contributed by atoms with Crippen LogP contribution >= 0.6 is 0 Å². The number of benzene rings is 2. The van der Waals surface area contributed by atoms with Crippen molar-refractivity contribution in [1.82, 2.24) is 14.8 Å². The largest absolute Gasteiger partial charge is 0.508 e. The number of phenolic OH excluding ortho intramolecular Hbond substituents is 1. The zero-order valence-corrected chi connectivity index (χ0v) is 13.8. The molecular formula is C21H15N3O2. The van der Waals surface area contributed by atoms with Gasteiger partial charge < -0.3 is 5.11 Å². The SMILES string of the molecule is O=c1c2ccc(C=Cc3ccc(O)cc3)cc2cnn1-c1ccccn1. The van der Waals surface area contributed by atoms with Gasteiger partial charge in [0.1, 0.15) is 5.75 Å². The quantitative estimate of drug-likeness (QED) is 0.578. The molecule has 4 aromatic rings. The Morgan fingerprint density at radius 2 is 1.69 bits per heavy atom. The topological polar surface area (TPSA) is 68.0 Å². The van der Waals surface area contributed by atoms with E-state index in [1.165, 1.54) is 4.68 Å². The summed E-state index contributed by atoms with van der Waals surface area (Å²) in [6.45, 7) is 0. The third-order valence-corrected chi connectivity index (χ3v) is 4.04. The third kappa shape index (κ3) is 3.10. The summed E-state index contributed by atoms with van der Waals surface area (Å²) in [7, 11) is 0. The molecule has 2 aromatic carbocycles. The van der Waals surface area contributed by atoms with Crippen LogP contribution in [0.25, 0.3) is 28.7 Å². The molecule has 1 N–H and O–H groups in total. The monoisotopic (exact) mass is 341 g/mol. The smallest absolute Gasteiger partial charge is 0.280 e. The lowest BCUT2D eigenvalue weighted by Gasteiger charge is -2.05. The van der Waals surface area contributed by atoms with E-state index >= 15 is 0 Å². The second kappa shape index (κ2) is 6.64. The number of rotatable bonds is 3. The van der Waals surface area contributed by atoms with E-state index in [0.29, 0.717) is 11.2 Å². The van der Waals surface area contributed by atoms with Crippen molar-refractivity contribution < 1.29 is 5.11 Å². The number of hydrogen-bond acceptors (Lipinski definition) is 4. The number of aromatic nitrogens is 3. The minimum atomic E-state index is -0.199. The van der Waals surface area contributed by atoms with E-state index in [9.17, 15) is 9.90 Å². The molecule has 0 aliphatic rings. The van der Waals surface area contributed by atoms with Crippen molar-refractivity contribution in [1.29, 1.82) is 0 Å². The number of pyridine rings is 1. The molecule has 0 radical (unpaired) electrons. The Hall–Kier alpha value is -3.73. The Morgan fingerprint density at radius 3 is 2.46 bits per heavy atom. The van der Waals surface area contributed by atoms with Gasteiger partial charge in [0.2, 0.25) is 0 Å².